The van der Waals surface area contributed by atoms with E-state index in [0.29, 0.717) is 12.0 Å². The Morgan fingerprint density at radius 3 is 2.23 bits per heavy atom. The van der Waals surface area contributed by atoms with E-state index in [0.717, 1.165) is 24.0 Å². The summed E-state index contributed by atoms with van der Waals surface area (Å²) in [5, 5.41) is 0. The van der Waals surface area contributed by atoms with Crippen LogP contribution in [0.2, 0.25) is 0 Å². The van der Waals surface area contributed by atoms with Gasteiger partial charge < -0.3 is 9.47 Å². The number of hydrogen-bond donors (Lipinski definition) is 0. The Bertz CT molecular complexity index is 973. The van der Waals surface area contributed by atoms with Crippen molar-refractivity contribution in [1.82, 2.24) is 0 Å². The Balaban J connectivity index is 1.95. The summed E-state index contributed by atoms with van der Waals surface area (Å²) >= 11 is 0. The summed E-state index contributed by atoms with van der Waals surface area (Å²) in [6.45, 7) is 5.52. The van der Waals surface area contributed by atoms with Gasteiger partial charge in [-0.3, -0.25) is 9.59 Å². The molecule has 0 N–H and O–H groups in total. The van der Waals surface area contributed by atoms with Gasteiger partial charge >= 0.3 is 11.9 Å². The molecule has 1 unspecified atom stereocenters. The molecule has 0 bridgehead atoms. The van der Waals surface area contributed by atoms with E-state index in [4.69, 9.17) is 9.47 Å². The Kier molecular flexibility index (Phi) is 6.45. The lowest BCUT2D eigenvalue weighted by molar-refractivity contribution is -0.174. The number of esters is 2. The fourth-order valence-corrected chi connectivity index (χ4v) is 4.91. The maximum atomic E-state index is 12.8. The van der Waals surface area contributed by atoms with Crippen LogP contribution >= 0.6 is 0 Å². The number of carbonyl (C=O) groups is 2. The highest BCUT2D eigenvalue weighted by atomic mass is 32.2. The minimum absolute atomic E-state index is 0.0242. The molecule has 0 saturated heterocycles. The molecule has 162 valence electrons. The average Bonchev–Trinajstić information content (AvgIpc) is 2.68. The van der Waals surface area contributed by atoms with Crippen molar-refractivity contribution in [2.24, 2.45) is 15.7 Å². The third-order valence-electron chi connectivity index (χ3n) is 5.75. The molecule has 1 aromatic carbocycles. The van der Waals surface area contributed by atoms with Gasteiger partial charge in [0, 0.05) is 12.6 Å². The van der Waals surface area contributed by atoms with Crippen LogP contribution in [0.25, 0.3) is 0 Å². The zero-order chi connectivity index (χ0) is 21.9. The molecule has 1 atom stereocenters. The molecule has 0 amide bonds. The van der Waals surface area contributed by atoms with E-state index < -0.39 is 27.4 Å². The predicted octanol–water partition coefficient (Wildman–Crippen LogP) is 3.37. The van der Waals surface area contributed by atoms with E-state index in [9.17, 15) is 18.0 Å². The maximum Gasteiger partial charge on any atom is 0.323 e. The Labute approximate surface area is 177 Å². The number of sulfonamides is 1. The molecule has 30 heavy (non-hydrogen) atoms. The minimum atomic E-state index is -3.89. The van der Waals surface area contributed by atoms with E-state index in [1.165, 1.54) is 18.3 Å². The van der Waals surface area contributed by atoms with Crippen LogP contribution in [0.3, 0.4) is 0 Å². The number of allylic oxidation sites excluding steroid dienone is 2. The number of aryl methyl sites for hydroxylation is 1. The molecule has 0 aliphatic heterocycles. The van der Waals surface area contributed by atoms with Crippen LogP contribution in [0.4, 0.5) is 0 Å². The SMILES string of the molecule is CCOC(=O)C1(C(=O)OCC)CC(/C=N/S(=O)(=O)c2ccc(C)cc2)=C2CCC2C1. The molecule has 1 aromatic rings. The predicted molar refractivity (Wildman–Crippen MR) is 112 cm³/mol. The molecule has 8 heteroatoms. The molecule has 1 fully saturated rings. The van der Waals surface area contributed by atoms with Crippen LogP contribution in [0.15, 0.2) is 44.7 Å². The molecular weight excluding hydrogens is 406 g/mol. The number of fused-ring (bicyclic) bond motifs is 1. The first kappa shape index (κ1) is 22.2. The van der Waals surface area contributed by atoms with Gasteiger partial charge in [0.15, 0.2) is 5.41 Å². The van der Waals surface area contributed by atoms with Crippen molar-refractivity contribution in [2.45, 2.75) is 51.3 Å². The minimum Gasteiger partial charge on any atom is -0.465 e. The van der Waals surface area contributed by atoms with Crippen molar-refractivity contribution in [3.05, 3.63) is 41.0 Å². The Hall–Kier alpha value is -2.48. The Morgan fingerprint density at radius 1 is 1.13 bits per heavy atom. The number of benzene rings is 1. The first-order valence-electron chi connectivity index (χ1n) is 10.2. The average molecular weight is 434 g/mol. The lowest BCUT2D eigenvalue weighted by Crippen LogP contribution is -2.48. The standard InChI is InChI=1S/C22H27NO6S/c1-4-28-20(24)22(21(25)29-5-2)12-16-8-11-19(16)17(13-22)14-23-30(26,27)18-9-6-15(3)7-10-18/h6-7,9-10,14,16H,4-5,8,11-13H2,1-3H3/b23-14+. The van der Waals surface area contributed by atoms with Gasteiger partial charge in [-0.15, -0.1) is 0 Å². The molecule has 3 rings (SSSR count). The highest BCUT2D eigenvalue weighted by Crippen LogP contribution is 2.52. The van der Waals surface area contributed by atoms with Crippen LogP contribution in [0.5, 0.6) is 0 Å². The smallest absolute Gasteiger partial charge is 0.323 e. The summed E-state index contributed by atoms with van der Waals surface area (Å²) in [5.41, 5.74) is 1.15. The van der Waals surface area contributed by atoms with Crippen molar-refractivity contribution in [2.75, 3.05) is 13.2 Å². The third kappa shape index (κ3) is 4.19. The summed E-state index contributed by atoms with van der Waals surface area (Å²) in [4.78, 5) is 25.7. The molecule has 0 radical (unpaired) electrons. The highest BCUT2D eigenvalue weighted by molar-refractivity contribution is 7.90. The number of rotatable bonds is 7. The second-order valence-electron chi connectivity index (χ2n) is 7.71. The van der Waals surface area contributed by atoms with Crippen LogP contribution in [0.1, 0.15) is 45.1 Å². The Morgan fingerprint density at radius 2 is 1.73 bits per heavy atom. The largest absolute Gasteiger partial charge is 0.465 e. The second-order valence-corrected chi connectivity index (χ2v) is 9.35. The van der Waals surface area contributed by atoms with E-state index in [1.807, 2.05) is 6.92 Å². The lowest BCUT2D eigenvalue weighted by Gasteiger charge is -2.43. The quantitative estimate of drug-likeness (QED) is 0.371. The first-order chi connectivity index (χ1) is 14.2. The van der Waals surface area contributed by atoms with Crippen molar-refractivity contribution < 1.29 is 27.5 Å². The van der Waals surface area contributed by atoms with Gasteiger partial charge in [0.25, 0.3) is 10.0 Å². The van der Waals surface area contributed by atoms with Crippen LogP contribution in [-0.2, 0) is 29.1 Å². The van der Waals surface area contributed by atoms with Gasteiger partial charge in [0.1, 0.15) is 0 Å². The van der Waals surface area contributed by atoms with E-state index in [2.05, 4.69) is 4.40 Å². The highest BCUT2D eigenvalue weighted by Gasteiger charge is 2.55. The van der Waals surface area contributed by atoms with Crippen molar-refractivity contribution in [1.29, 1.82) is 0 Å². The monoisotopic (exact) mass is 433 g/mol. The normalized spacial score (nSPS) is 20.4. The van der Waals surface area contributed by atoms with E-state index >= 15 is 0 Å². The molecule has 0 spiro atoms. The molecule has 0 heterocycles. The van der Waals surface area contributed by atoms with Crippen molar-refractivity contribution >= 4 is 28.2 Å². The van der Waals surface area contributed by atoms with Gasteiger partial charge in [-0.25, -0.2) is 0 Å². The van der Waals surface area contributed by atoms with Gasteiger partial charge in [-0.2, -0.15) is 12.8 Å². The number of hydrogen-bond acceptors (Lipinski definition) is 6. The zero-order valence-corrected chi connectivity index (χ0v) is 18.3. The van der Waals surface area contributed by atoms with Gasteiger partial charge in [0.2, 0.25) is 0 Å². The van der Waals surface area contributed by atoms with Crippen molar-refractivity contribution in [3.63, 3.8) is 0 Å². The van der Waals surface area contributed by atoms with Crippen molar-refractivity contribution in [3.8, 4) is 0 Å². The molecular formula is C22H27NO6S. The van der Waals surface area contributed by atoms with E-state index in [1.54, 1.807) is 26.0 Å². The molecule has 7 nitrogen and oxygen atoms in total. The van der Waals surface area contributed by atoms with Gasteiger partial charge in [0.05, 0.1) is 18.1 Å². The number of nitrogens with zero attached hydrogens (tertiary/aromatic N) is 1. The summed E-state index contributed by atoms with van der Waals surface area (Å²) in [5.74, 6) is -1.22. The summed E-state index contributed by atoms with van der Waals surface area (Å²) in [7, 11) is -3.89. The lowest BCUT2D eigenvalue weighted by atomic mass is 9.60. The van der Waals surface area contributed by atoms with Crippen LogP contribution in [0, 0.1) is 18.3 Å². The summed E-state index contributed by atoms with van der Waals surface area (Å²) in [6, 6.07) is 6.43. The fourth-order valence-electron chi connectivity index (χ4n) is 4.04. The topological polar surface area (TPSA) is 99.1 Å². The van der Waals surface area contributed by atoms with Crippen LogP contribution < -0.4 is 0 Å². The zero-order valence-electron chi connectivity index (χ0n) is 17.5. The second kappa shape index (κ2) is 8.71. The molecule has 0 aromatic heterocycles. The molecule has 1 saturated carbocycles. The number of carbonyl (C=O) groups excluding carboxylic acids is 2. The molecule has 2 aliphatic carbocycles. The van der Waals surface area contributed by atoms with E-state index in [-0.39, 0.29) is 30.4 Å². The maximum absolute atomic E-state index is 12.8. The summed E-state index contributed by atoms with van der Waals surface area (Å²) < 4.78 is 39.5. The van der Waals surface area contributed by atoms with Gasteiger partial charge in [-0.1, -0.05) is 23.3 Å². The van der Waals surface area contributed by atoms with Gasteiger partial charge in [-0.05, 0) is 63.7 Å². The fraction of sp³-hybridized carbons (Fsp3) is 0.500. The molecule has 2 aliphatic rings. The summed E-state index contributed by atoms with van der Waals surface area (Å²) in [6.07, 6.45) is 3.28. The first-order valence-corrected chi connectivity index (χ1v) is 11.6. The van der Waals surface area contributed by atoms with Crippen LogP contribution in [-0.4, -0.2) is 39.8 Å². The third-order valence-corrected chi connectivity index (χ3v) is 7.00. The number of ether oxygens (including phenoxy) is 2.